The third kappa shape index (κ3) is 3.92. The highest BCUT2D eigenvalue weighted by molar-refractivity contribution is 7.93. The van der Waals surface area contributed by atoms with Crippen LogP contribution in [0.2, 0.25) is 0 Å². The summed E-state index contributed by atoms with van der Waals surface area (Å²) < 4.78 is 81.7. The Bertz CT molecular complexity index is 1020. The molecule has 1 aliphatic heterocycles. The monoisotopic (exact) mass is 484 g/mol. The second-order valence-corrected chi connectivity index (χ2v) is 10.7. The van der Waals surface area contributed by atoms with E-state index in [0.717, 1.165) is 12.8 Å². The van der Waals surface area contributed by atoms with Gasteiger partial charge in [0.2, 0.25) is 14.6 Å². The van der Waals surface area contributed by atoms with Gasteiger partial charge in [-0.2, -0.15) is 13.2 Å². The minimum absolute atomic E-state index is 0.173. The molecule has 182 valence electrons. The van der Waals surface area contributed by atoms with Gasteiger partial charge < -0.3 is 9.47 Å². The lowest BCUT2D eigenvalue weighted by atomic mass is 9.76. The minimum atomic E-state index is -5.19. The zero-order chi connectivity index (χ0) is 24.4. The fourth-order valence-corrected chi connectivity index (χ4v) is 7.08. The molecule has 2 fully saturated rings. The normalized spacial score (nSPS) is 27.4. The van der Waals surface area contributed by atoms with E-state index in [1.165, 1.54) is 31.2 Å². The number of unbranched alkanes of at least 4 members (excludes halogenated alkanes) is 2. The fourth-order valence-electron chi connectivity index (χ4n) is 4.92. The molecule has 33 heavy (non-hydrogen) atoms. The topological polar surface area (TPSA) is 52.6 Å². The van der Waals surface area contributed by atoms with Crippen LogP contribution in [0.5, 0.6) is 0 Å². The minimum Gasteiger partial charge on any atom is -0.341 e. The van der Waals surface area contributed by atoms with Crippen LogP contribution >= 0.6 is 0 Å². The molecular weight excluding hydrogens is 453 g/mol. The van der Waals surface area contributed by atoms with Crippen molar-refractivity contribution in [1.29, 1.82) is 0 Å². The SMILES string of the molecule is C=C1C2(CCCCC2)O[C@@](OCC)(C(F)(F)F)[C@@]1(C#CCCCC)S(=O)(=O)c1ccccc1. The second-order valence-electron chi connectivity index (χ2n) is 8.59. The lowest BCUT2D eigenvalue weighted by Crippen LogP contribution is -2.65. The van der Waals surface area contributed by atoms with Crippen LogP contribution in [-0.2, 0) is 19.3 Å². The van der Waals surface area contributed by atoms with Gasteiger partial charge in [0.05, 0.1) is 10.5 Å². The van der Waals surface area contributed by atoms with Crippen molar-refractivity contribution in [2.75, 3.05) is 6.61 Å². The van der Waals surface area contributed by atoms with E-state index in [2.05, 4.69) is 18.4 Å². The molecule has 1 aliphatic carbocycles. The van der Waals surface area contributed by atoms with E-state index in [4.69, 9.17) is 9.47 Å². The highest BCUT2D eigenvalue weighted by atomic mass is 32.2. The third-order valence-corrected chi connectivity index (χ3v) is 8.85. The maximum Gasteiger partial charge on any atom is 0.446 e. The van der Waals surface area contributed by atoms with E-state index < -0.39 is 38.8 Å². The third-order valence-electron chi connectivity index (χ3n) is 6.54. The van der Waals surface area contributed by atoms with Gasteiger partial charge in [-0.25, -0.2) is 8.42 Å². The van der Waals surface area contributed by atoms with Gasteiger partial charge in [-0.15, -0.1) is 5.92 Å². The molecule has 1 saturated carbocycles. The second kappa shape index (κ2) is 9.44. The van der Waals surface area contributed by atoms with Gasteiger partial charge in [0, 0.05) is 13.0 Å². The smallest absolute Gasteiger partial charge is 0.341 e. The molecule has 4 nitrogen and oxygen atoms in total. The van der Waals surface area contributed by atoms with Crippen LogP contribution in [0.1, 0.15) is 65.2 Å². The van der Waals surface area contributed by atoms with Crippen molar-refractivity contribution in [1.82, 2.24) is 0 Å². The largest absolute Gasteiger partial charge is 0.446 e. The number of ether oxygens (including phenoxy) is 2. The Kier molecular flexibility index (Phi) is 7.38. The van der Waals surface area contributed by atoms with Gasteiger partial charge in [-0.05, 0) is 43.9 Å². The van der Waals surface area contributed by atoms with E-state index >= 15 is 13.2 Å². The lowest BCUT2D eigenvalue weighted by molar-refractivity contribution is -0.388. The highest BCUT2D eigenvalue weighted by Gasteiger charge is 2.83. The quantitative estimate of drug-likeness (QED) is 0.283. The molecule has 2 atom stereocenters. The van der Waals surface area contributed by atoms with Crippen LogP contribution in [0.25, 0.3) is 0 Å². The molecule has 1 saturated heterocycles. The molecule has 1 spiro atoms. The molecule has 1 heterocycles. The number of benzene rings is 1. The molecule has 8 heteroatoms. The van der Waals surface area contributed by atoms with Gasteiger partial charge in [0.25, 0.3) is 0 Å². The summed E-state index contributed by atoms with van der Waals surface area (Å²) in [6.07, 6.45) is -1.04. The Labute approximate surface area is 194 Å². The zero-order valence-corrected chi connectivity index (χ0v) is 19.9. The predicted octanol–water partition coefficient (Wildman–Crippen LogP) is 5.98. The average Bonchev–Trinajstić information content (AvgIpc) is 2.99. The molecule has 0 aromatic heterocycles. The molecular formula is C25H31F3O4S. The Morgan fingerprint density at radius 3 is 2.30 bits per heavy atom. The predicted molar refractivity (Wildman–Crippen MR) is 120 cm³/mol. The summed E-state index contributed by atoms with van der Waals surface area (Å²) in [6, 6.07) is 7.08. The van der Waals surface area contributed by atoms with Crippen LogP contribution in [0.4, 0.5) is 13.2 Å². The zero-order valence-electron chi connectivity index (χ0n) is 19.1. The summed E-state index contributed by atoms with van der Waals surface area (Å²) in [5, 5.41) is 0. The van der Waals surface area contributed by atoms with Crippen molar-refractivity contribution in [3.63, 3.8) is 0 Å². The number of sulfone groups is 1. The van der Waals surface area contributed by atoms with Crippen molar-refractivity contribution >= 4 is 9.84 Å². The summed E-state index contributed by atoms with van der Waals surface area (Å²) in [5.74, 6) is 1.81. The van der Waals surface area contributed by atoms with Gasteiger partial charge in [0.15, 0.2) is 0 Å². The van der Waals surface area contributed by atoms with Gasteiger partial charge in [-0.3, -0.25) is 0 Å². The summed E-state index contributed by atoms with van der Waals surface area (Å²) in [5.41, 5.74) is -1.65. The first-order chi connectivity index (χ1) is 15.5. The number of rotatable bonds is 6. The number of hydrogen-bond acceptors (Lipinski definition) is 4. The molecule has 0 N–H and O–H groups in total. The Morgan fingerprint density at radius 2 is 1.76 bits per heavy atom. The van der Waals surface area contributed by atoms with Crippen LogP contribution in [0.3, 0.4) is 0 Å². The van der Waals surface area contributed by atoms with Gasteiger partial charge in [0.1, 0.15) is 0 Å². The number of halogens is 3. The van der Waals surface area contributed by atoms with Crippen molar-refractivity contribution in [3.8, 4) is 11.8 Å². The van der Waals surface area contributed by atoms with E-state index in [1.807, 2.05) is 6.92 Å². The van der Waals surface area contributed by atoms with Crippen molar-refractivity contribution in [2.45, 2.75) is 92.4 Å². The van der Waals surface area contributed by atoms with Crippen LogP contribution in [0, 0.1) is 11.8 Å². The average molecular weight is 485 g/mol. The Morgan fingerprint density at radius 1 is 1.12 bits per heavy atom. The van der Waals surface area contributed by atoms with Crippen LogP contribution < -0.4 is 0 Å². The maximum absolute atomic E-state index is 15.0. The first-order valence-electron chi connectivity index (χ1n) is 11.4. The first kappa shape index (κ1) is 25.8. The fraction of sp³-hybridized carbons (Fsp3) is 0.600. The van der Waals surface area contributed by atoms with Crippen molar-refractivity contribution < 1.29 is 31.1 Å². The maximum atomic E-state index is 15.0. The molecule has 2 aliphatic rings. The van der Waals surface area contributed by atoms with Crippen molar-refractivity contribution in [2.24, 2.45) is 0 Å². The standard InChI is InChI=1S/C25H31F3O4S/c1-4-6-7-14-19-23(33(29,30)21-15-10-8-11-16-21)20(3)22(17-12-9-13-18-22)32-24(23,31-5-2)25(26,27)28/h8,10-11,15-16H,3-7,9,12-13,17-18H2,1-2H3/t23-,24+/m0/s1. The highest BCUT2D eigenvalue weighted by Crippen LogP contribution is 2.63. The van der Waals surface area contributed by atoms with Gasteiger partial charge in [-0.1, -0.05) is 63.3 Å². The van der Waals surface area contributed by atoms with E-state index in [1.54, 1.807) is 6.07 Å². The lowest BCUT2D eigenvalue weighted by Gasteiger charge is -2.41. The molecule has 1 aromatic carbocycles. The summed E-state index contributed by atoms with van der Waals surface area (Å²) in [6.45, 7) is 6.88. The van der Waals surface area contributed by atoms with Crippen LogP contribution in [-0.4, -0.2) is 37.3 Å². The van der Waals surface area contributed by atoms with Crippen molar-refractivity contribution in [3.05, 3.63) is 42.5 Å². The van der Waals surface area contributed by atoms with E-state index in [9.17, 15) is 8.42 Å². The molecule has 3 rings (SSSR count). The Balaban J connectivity index is 2.41. The summed E-state index contributed by atoms with van der Waals surface area (Å²) in [7, 11) is -4.77. The number of hydrogen-bond donors (Lipinski definition) is 0. The molecule has 1 aromatic rings. The summed E-state index contributed by atoms with van der Waals surface area (Å²) in [4.78, 5) is -0.277. The molecule has 0 bridgehead atoms. The molecule has 0 unspecified atom stereocenters. The molecule has 0 radical (unpaired) electrons. The number of alkyl halides is 3. The van der Waals surface area contributed by atoms with Gasteiger partial charge >= 0.3 is 12.0 Å². The molecule has 0 amide bonds. The van der Waals surface area contributed by atoms with E-state index in [-0.39, 0.29) is 29.7 Å². The first-order valence-corrected chi connectivity index (χ1v) is 12.9. The Hall–Kier alpha value is -1.82. The summed E-state index contributed by atoms with van der Waals surface area (Å²) >= 11 is 0. The van der Waals surface area contributed by atoms with E-state index in [0.29, 0.717) is 19.3 Å². The van der Waals surface area contributed by atoms with Crippen LogP contribution in [0.15, 0.2) is 47.4 Å².